The van der Waals surface area contributed by atoms with E-state index in [9.17, 15) is 32.3 Å². The molecule has 0 spiro atoms. The fourth-order valence-corrected chi connectivity index (χ4v) is 8.83. The van der Waals surface area contributed by atoms with Crippen molar-refractivity contribution in [2.24, 2.45) is 5.92 Å². The van der Waals surface area contributed by atoms with Gasteiger partial charge in [0.15, 0.2) is 0 Å². The summed E-state index contributed by atoms with van der Waals surface area (Å²) in [5.74, 6) is -0.995. The first-order valence-corrected chi connectivity index (χ1v) is 22.4. The van der Waals surface area contributed by atoms with Crippen LogP contribution in [0.25, 0.3) is 10.9 Å². The number of alkyl halides is 3. The van der Waals surface area contributed by atoms with Gasteiger partial charge in [-0.3, -0.25) is 24.2 Å². The minimum absolute atomic E-state index is 0.0837. The molecule has 20 heteroatoms. The molecule has 3 fully saturated rings. The minimum atomic E-state index is -4.54. The summed E-state index contributed by atoms with van der Waals surface area (Å²) in [6, 6.07) is 5.79. The molecule has 1 aromatic carbocycles. The van der Waals surface area contributed by atoms with Crippen LogP contribution in [-0.4, -0.2) is 164 Å². The maximum Gasteiger partial charge on any atom is 0.416 e. The lowest BCUT2D eigenvalue weighted by Gasteiger charge is -2.44. The third kappa shape index (κ3) is 13.3. The standard InChI is InChI=1S/C45H62F3N9O8/c1-29(2)55(3)32-8-10-38(57-15-11-36(44(57)61)54-42-33-24-31(45(46,47)48)7-9-35(33)51-28-52-42)37(25-32)53-39(58)12-16-62-18-20-64-22-23-65-21-19-63-17-14-50-43(60)34-26-40(59)56(4)41(34)30-6-5-13-49-27-30/h5-7,9,13,24,27-29,32,34,36-38,41H,8,10-12,14-23,25-26H2,1-4H3,(H,50,60)(H,53,58)(H,51,52,54)/t32-,34+,36+,37-,38+,41-/m1/s1. The number of fused-ring (bicyclic) bond motifs is 1. The lowest BCUT2D eigenvalue weighted by atomic mass is 9.84. The van der Waals surface area contributed by atoms with Gasteiger partial charge in [-0.25, -0.2) is 9.97 Å². The topological polar surface area (TPSA) is 190 Å². The number of nitrogens with one attached hydrogen (secondary N) is 3. The van der Waals surface area contributed by atoms with Crippen LogP contribution in [0, 0.1) is 5.92 Å². The van der Waals surface area contributed by atoms with Crippen LogP contribution in [-0.2, 0) is 44.3 Å². The van der Waals surface area contributed by atoms with Gasteiger partial charge in [0, 0.05) is 62.8 Å². The zero-order valence-corrected chi connectivity index (χ0v) is 37.6. The largest absolute Gasteiger partial charge is 0.416 e. The molecular formula is C45H62F3N9O8. The Balaban J connectivity index is 0.848. The first-order valence-electron chi connectivity index (χ1n) is 22.4. The van der Waals surface area contributed by atoms with Crippen LogP contribution in [0.1, 0.15) is 69.5 Å². The van der Waals surface area contributed by atoms with Crippen LogP contribution < -0.4 is 16.0 Å². The van der Waals surface area contributed by atoms with Crippen molar-refractivity contribution in [1.82, 2.24) is 40.3 Å². The highest BCUT2D eigenvalue weighted by Gasteiger charge is 2.44. The SMILES string of the molecule is CC(C)N(C)[C@@H]1CC[C@H](N2CC[C@H](Nc3ncnc4ccc(C(F)(F)F)cc34)C2=O)[C@H](NC(=O)CCOCCOCCOCCOCCNC(=O)[C@H]2CC(=O)N(C)[C@@H]2c2cccnc2)C1. The number of likely N-dealkylation sites (tertiary alicyclic amines) is 2. The van der Waals surface area contributed by atoms with Crippen molar-refractivity contribution in [1.29, 1.82) is 0 Å². The van der Waals surface area contributed by atoms with Crippen molar-refractivity contribution in [3.63, 3.8) is 0 Å². The summed E-state index contributed by atoms with van der Waals surface area (Å²) in [6.45, 7) is 7.47. The van der Waals surface area contributed by atoms with Gasteiger partial charge in [-0.1, -0.05) is 6.07 Å². The molecule has 0 unspecified atom stereocenters. The molecule has 0 radical (unpaired) electrons. The molecule has 4 amide bonds. The average Bonchev–Trinajstić information content (AvgIpc) is 3.80. The van der Waals surface area contributed by atoms with Crippen LogP contribution in [0.3, 0.4) is 0 Å². The van der Waals surface area contributed by atoms with E-state index in [1.54, 1.807) is 35.3 Å². The average molecular weight is 914 g/mol. The summed E-state index contributed by atoms with van der Waals surface area (Å²) < 4.78 is 63.0. The molecule has 65 heavy (non-hydrogen) atoms. The molecular weight excluding hydrogens is 852 g/mol. The van der Waals surface area contributed by atoms with Gasteiger partial charge in [-0.2, -0.15) is 13.2 Å². The van der Waals surface area contributed by atoms with Crippen molar-refractivity contribution in [2.75, 3.05) is 85.4 Å². The Bertz CT molecular complexity index is 2050. The van der Waals surface area contributed by atoms with Crippen molar-refractivity contribution in [3.8, 4) is 0 Å². The maximum atomic E-state index is 13.9. The van der Waals surface area contributed by atoms with Gasteiger partial charge in [-0.15, -0.1) is 0 Å². The third-order valence-corrected chi connectivity index (χ3v) is 12.5. The van der Waals surface area contributed by atoms with Crippen molar-refractivity contribution < 1.29 is 51.3 Å². The van der Waals surface area contributed by atoms with E-state index < -0.39 is 23.7 Å². The number of carbonyl (C=O) groups is 4. The Morgan fingerprint density at radius 2 is 1.65 bits per heavy atom. The quantitative estimate of drug-likeness (QED) is 0.117. The summed E-state index contributed by atoms with van der Waals surface area (Å²) >= 11 is 0. The predicted molar refractivity (Wildman–Crippen MR) is 233 cm³/mol. The van der Waals surface area contributed by atoms with Gasteiger partial charge in [0.25, 0.3) is 0 Å². The first kappa shape index (κ1) is 49.4. The second kappa shape index (κ2) is 23.4. The second-order valence-corrected chi connectivity index (χ2v) is 17.0. The number of pyridine rings is 1. The number of nitrogens with zero attached hydrogens (tertiary/aromatic N) is 6. The fraction of sp³-hybridized carbons (Fsp3) is 0.622. The van der Waals surface area contributed by atoms with E-state index in [-0.39, 0.29) is 84.5 Å². The highest BCUT2D eigenvalue weighted by atomic mass is 19.4. The van der Waals surface area contributed by atoms with Crippen LogP contribution in [0.15, 0.2) is 49.1 Å². The van der Waals surface area contributed by atoms with Crippen molar-refractivity contribution in [3.05, 3.63) is 60.2 Å². The summed E-state index contributed by atoms with van der Waals surface area (Å²) in [4.78, 5) is 70.5. The number of halogens is 3. The first-order chi connectivity index (χ1) is 31.2. The molecule has 356 valence electrons. The number of hydrogen-bond donors (Lipinski definition) is 3. The third-order valence-electron chi connectivity index (χ3n) is 12.5. The van der Waals surface area contributed by atoms with E-state index in [0.717, 1.165) is 24.1 Å². The number of rotatable bonds is 23. The Morgan fingerprint density at radius 3 is 2.32 bits per heavy atom. The molecule has 4 heterocycles. The van der Waals surface area contributed by atoms with Gasteiger partial charge < -0.3 is 49.6 Å². The molecule has 6 atom stereocenters. The molecule has 2 aromatic heterocycles. The van der Waals surface area contributed by atoms with Gasteiger partial charge in [0.05, 0.1) is 88.0 Å². The van der Waals surface area contributed by atoms with Gasteiger partial charge in [0.1, 0.15) is 18.2 Å². The predicted octanol–water partition coefficient (Wildman–Crippen LogP) is 3.59. The van der Waals surface area contributed by atoms with E-state index in [2.05, 4.69) is 56.7 Å². The van der Waals surface area contributed by atoms with Crippen LogP contribution in [0.4, 0.5) is 19.0 Å². The number of anilines is 1. The lowest BCUT2D eigenvalue weighted by Crippen LogP contribution is -2.58. The van der Waals surface area contributed by atoms with Crippen LogP contribution in [0.5, 0.6) is 0 Å². The van der Waals surface area contributed by atoms with E-state index in [1.165, 1.54) is 12.4 Å². The molecule has 3 aliphatic rings. The number of ether oxygens (including phenoxy) is 4. The number of benzene rings is 1. The number of carbonyl (C=O) groups excluding carboxylic acids is 4. The minimum Gasteiger partial charge on any atom is -0.379 e. The number of aromatic nitrogens is 3. The summed E-state index contributed by atoms with van der Waals surface area (Å²) in [5.41, 5.74) is 0.325. The molecule has 1 aliphatic carbocycles. The molecule has 2 saturated heterocycles. The number of hydrogen-bond acceptors (Lipinski definition) is 13. The molecule has 3 aromatic rings. The van der Waals surface area contributed by atoms with Crippen LogP contribution >= 0.6 is 0 Å². The fourth-order valence-electron chi connectivity index (χ4n) is 8.83. The van der Waals surface area contributed by atoms with E-state index in [4.69, 9.17) is 18.9 Å². The Morgan fingerprint density at radius 1 is 0.938 bits per heavy atom. The summed E-state index contributed by atoms with van der Waals surface area (Å²) in [5, 5.41) is 9.34. The second-order valence-electron chi connectivity index (χ2n) is 17.0. The van der Waals surface area contributed by atoms with E-state index in [1.807, 2.05) is 6.07 Å². The molecule has 3 N–H and O–H groups in total. The lowest BCUT2D eigenvalue weighted by molar-refractivity contribution is -0.137. The highest BCUT2D eigenvalue weighted by molar-refractivity contribution is 5.93. The Labute approximate surface area is 377 Å². The molecule has 17 nitrogen and oxygen atoms in total. The Hall–Kier alpha value is -5.02. The van der Waals surface area contributed by atoms with Gasteiger partial charge in [-0.05, 0) is 76.4 Å². The van der Waals surface area contributed by atoms with Crippen LogP contribution in [0.2, 0.25) is 0 Å². The molecule has 6 rings (SSSR count). The molecule has 2 aliphatic heterocycles. The van der Waals surface area contributed by atoms with Crippen molar-refractivity contribution >= 4 is 40.3 Å². The zero-order chi connectivity index (χ0) is 46.5. The normalized spacial score (nSPS) is 22.7. The summed E-state index contributed by atoms with van der Waals surface area (Å²) in [6.07, 6.45) is 2.92. The molecule has 1 saturated carbocycles. The summed E-state index contributed by atoms with van der Waals surface area (Å²) in [7, 11) is 3.77. The van der Waals surface area contributed by atoms with Gasteiger partial charge in [0.2, 0.25) is 23.6 Å². The maximum absolute atomic E-state index is 13.9. The van der Waals surface area contributed by atoms with Crippen molar-refractivity contribution in [2.45, 2.75) is 94.8 Å². The highest BCUT2D eigenvalue weighted by Crippen LogP contribution is 2.37. The van der Waals surface area contributed by atoms with Gasteiger partial charge >= 0.3 is 6.18 Å². The number of amides is 4. The van der Waals surface area contributed by atoms with E-state index in [0.29, 0.717) is 84.1 Å². The zero-order valence-electron chi connectivity index (χ0n) is 37.6. The smallest absolute Gasteiger partial charge is 0.379 e. The van der Waals surface area contributed by atoms with E-state index >= 15 is 0 Å². The monoisotopic (exact) mass is 913 g/mol. The molecule has 0 bridgehead atoms. The Kier molecular flexibility index (Phi) is 17.8.